The second kappa shape index (κ2) is 7.39. The van der Waals surface area contributed by atoms with Crippen molar-refractivity contribution in [2.45, 2.75) is 27.3 Å². The number of nitrogens with zero attached hydrogens (tertiary/aromatic N) is 3. The summed E-state index contributed by atoms with van der Waals surface area (Å²) < 4.78 is 1.88. The van der Waals surface area contributed by atoms with E-state index < -0.39 is 0 Å². The lowest BCUT2D eigenvalue weighted by Crippen LogP contribution is -2.13. The summed E-state index contributed by atoms with van der Waals surface area (Å²) >= 11 is 0. The molecule has 0 saturated heterocycles. The number of benzene rings is 2. The first-order valence-corrected chi connectivity index (χ1v) is 9.47. The number of amides is 1. The minimum atomic E-state index is -0.200. The van der Waals surface area contributed by atoms with Crippen LogP contribution in [0.4, 0.5) is 11.4 Å². The van der Waals surface area contributed by atoms with Crippen LogP contribution in [0.2, 0.25) is 0 Å². The molecule has 1 amide bonds. The third kappa shape index (κ3) is 3.96. The van der Waals surface area contributed by atoms with E-state index in [2.05, 4.69) is 21.5 Å². The molecule has 2 aromatic carbocycles. The molecule has 0 aliphatic heterocycles. The van der Waals surface area contributed by atoms with Gasteiger partial charge in [0.05, 0.1) is 23.4 Å². The van der Waals surface area contributed by atoms with Crippen molar-refractivity contribution in [2.75, 3.05) is 11.1 Å². The summed E-state index contributed by atoms with van der Waals surface area (Å²) in [5.41, 5.74) is 12.7. The first kappa shape index (κ1) is 18.7. The maximum Gasteiger partial charge on any atom is 0.255 e. The molecule has 0 fully saturated rings. The van der Waals surface area contributed by atoms with Gasteiger partial charge in [-0.2, -0.15) is 5.10 Å². The second-order valence-electron chi connectivity index (χ2n) is 7.34. The molecule has 6 heteroatoms. The van der Waals surface area contributed by atoms with Crippen molar-refractivity contribution in [1.82, 2.24) is 14.8 Å². The third-order valence-corrected chi connectivity index (χ3v) is 4.94. The number of fused-ring (bicyclic) bond motifs is 1. The fraction of sp³-hybridized carbons (Fsp3) is 0.174. The highest BCUT2D eigenvalue weighted by Gasteiger charge is 2.11. The van der Waals surface area contributed by atoms with E-state index in [4.69, 9.17) is 5.73 Å². The van der Waals surface area contributed by atoms with E-state index in [0.29, 0.717) is 23.5 Å². The summed E-state index contributed by atoms with van der Waals surface area (Å²) in [5, 5.41) is 8.40. The van der Waals surface area contributed by atoms with Crippen LogP contribution in [-0.2, 0) is 6.54 Å². The lowest BCUT2D eigenvalue weighted by Gasteiger charge is -2.09. The number of pyridine rings is 1. The smallest absolute Gasteiger partial charge is 0.255 e. The van der Waals surface area contributed by atoms with E-state index in [1.165, 1.54) is 0 Å². The van der Waals surface area contributed by atoms with Gasteiger partial charge in [-0.1, -0.05) is 12.1 Å². The Hall–Kier alpha value is -3.67. The lowest BCUT2D eigenvalue weighted by molar-refractivity contribution is 0.102. The average Bonchev–Trinajstić information content (AvgIpc) is 3.07. The molecular weight excluding hydrogens is 362 g/mol. The van der Waals surface area contributed by atoms with Gasteiger partial charge >= 0.3 is 0 Å². The molecule has 2 aromatic heterocycles. The Labute approximate surface area is 169 Å². The van der Waals surface area contributed by atoms with Crippen molar-refractivity contribution in [3.63, 3.8) is 0 Å². The largest absolute Gasteiger partial charge is 0.397 e. The highest BCUT2D eigenvalue weighted by Crippen LogP contribution is 2.22. The Morgan fingerprint density at radius 2 is 1.90 bits per heavy atom. The minimum absolute atomic E-state index is 0.200. The number of anilines is 2. The number of carbonyl (C=O) groups is 1. The van der Waals surface area contributed by atoms with Crippen molar-refractivity contribution in [3.05, 3.63) is 82.8 Å². The van der Waals surface area contributed by atoms with Gasteiger partial charge in [-0.25, -0.2) is 0 Å². The fourth-order valence-corrected chi connectivity index (χ4v) is 3.35. The molecule has 0 spiro atoms. The van der Waals surface area contributed by atoms with Crippen LogP contribution in [-0.4, -0.2) is 20.7 Å². The quantitative estimate of drug-likeness (QED) is 0.515. The Morgan fingerprint density at radius 1 is 1.07 bits per heavy atom. The van der Waals surface area contributed by atoms with E-state index in [1.807, 2.05) is 68.0 Å². The van der Waals surface area contributed by atoms with Gasteiger partial charge in [0.25, 0.3) is 5.91 Å². The molecule has 146 valence electrons. The van der Waals surface area contributed by atoms with E-state index in [1.54, 1.807) is 6.07 Å². The molecule has 6 nitrogen and oxygen atoms in total. The van der Waals surface area contributed by atoms with Crippen LogP contribution >= 0.6 is 0 Å². The zero-order chi connectivity index (χ0) is 20.5. The number of hydrogen-bond donors (Lipinski definition) is 2. The first-order chi connectivity index (χ1) is 13.9. The molecule has 0 aliphatic carbocycles. The summed E-state index contributed by atoms with van der Waals surface area (Å²) in [7, 11) is 0. The molecule has 2 heterocycles. The molecule has 0 radical (unpaired) electrons. The van der Waals surface area contributed by atoms with Crippen molar-refractivity contribution in [3.8, 4) is 0 Å². The van der Waals surface area contributed by atoms with Crippen molar-refractivity contribution >= 4 is 28.2 Å². The normalized spacial score (nSPS) is 11.0. The number of nitrogens with one attached hydrogen (secondary N) is 1. The third-order valence-electron chi connectivity index (χ3n) is 4.94. The topological polar surface area (TPSA) is 85.8 Å². The first-order valence-electron chi connectivity index (χ1n) is 9.47. The monoisotopic (exact) mass is 385 g/mol. The predicted molar refractivity (Wildman–Crippen MR) is 116 cm³/mol. The highest BCUT2D eigenvalue weighted by atomic mass is 16.1. The predicted octanol–water partition coefficient (Wildman–Crippen LogP) is 4.24. The van der Waals surface area contributed by atoms with Gasteiger partial charge < -0.3 is 11.1 Å². The van der Waals surface area contributed by atoms with Crippen molar-refractivity contribution in [1.29, 1.82) is 0 Å². The van der Waals surface area contributed by atoms with Crippen LogP contribution in [0.5, 0.6) is 0 Å². The van der Waals surface area contributed by atoms with Crippen LogP contribution in [0.1, 0.15) is 32.9 Å². The number of carbonyl (C=O) groups excluding carboxylic acids is 1. The zero-order valence-electron chi connectivity index (χ0n) is 16.7. The number of aromatic nitrogens is 3. The molecule has 4 rings (SSSR count). The second-order valence-corrected chi connectivity index (χ2v) is 7.34. The SMILES string of the molecule is Cc1ccc(NC(=O)c2ccc3nn(Cc4ccc(C)nc4C)cc3c2)c(N)c1. The van der Waals surface area contributed by atoms with Crippen molar-refractivity contribution in [2.24, 2.45) is 0 Å². The molecular formula is C23H23N5O. The molecule has 0 atom stereocenters. The Balaban J connectivity index is 1.57. The van der Waals surface area contributed by atoms with Crippen LogP contribution in [0, 0.1) is 20.8 Å². The van der Waals surface area contributed by atoms with Crippen LogP contribution in [0.25, 0.3) is 10.9 Å². The number of nitrogens with two attached hydrogens (primary N) is 1. The molecule has 29 heavy (non-hydrogen) atoms. The van der Waals surface area contributed by atoms with E-state index in [9.17, 15) is 4.79 Å². The van der Waals surface area contributed by atoms with Gasteiger partial charge in [0.15, 0.2) is 0 Å². The summed E-state index contributed by atoms with van der Waals surface area (Å²) in [5.74, 6) is -0.200. The van der Waals surface area contributed by atoms with Gasteiger partial charge in [0.1, 0.15) is 0 Å². The van der Waals surface area contributed by atoms with Gasteiger partial charge in [-0.15, -0.1) is 0 Å². The maximum atomic E-state index is 12.7. The van der Waals surface area contributed by atoms with Crippen LogP contribution in [0.15, 0.2) is 54.7 Å². The Kier molecular flexibility index (Phi) is 4.76. The molecule has 4 aromatic rings. The van der Waals surface area contributed by atoms with Gasteiger partial charge in [0, 0.05) is 28.5 Å². The zero-order valence-corrected chi connectivity index (χ0v) is 16.7. The number of rotatable bonds is 4. The van der Waals surface area contributed by atoms with Crippen LogP contribution in [0.3, 0.4) is 0 Å². The minimum Gasteiger partial charge on any atom is -0.397 e. The standard InChI is InChI=1S/C23H23N5O/c1-14-4-8-22(20(24)10-14)26-23(29)17-7-9-21-19(11-17)13-28(27-21)12-18-6-5-15(2)25-16(18)3/h4-11,13H,12,24H2,1-3H3,(H,26,29). The van der Waals surface area contributed by atoms with Crippen LogP contribution < -0.4 is 11.1 Å². The van der Waals surface area contributed by atoms with E-state index in [0.717, 1.165) is 33.4 Å². The lowest BCUT2D eigenvalue weighted by atomic mass is 10.1. The molecule has 0 bridgehead atoms. The Morgan fingerprint density at radius 3 is 2.66 bits per heavy atom. The highest BCUT2D eigenvalue weighted by molar-refractivity contribution is 6.07. The summed E-state index contributed by atoms with van der Waals surface area (Å²) in [6.45, 7) is 6.58. The van der Waals surface area contributed by atoms with Gasteiger partial charge in [-0.05, 0) is 68.3 Å². The number of hydrogen-bond acceptors (Lipinski definition) is 4. The summed E-state index contributed by atoms with van der Waals surface area (Å²) in [4.78, 5) is 17.2. The molecule has 3 N–H and O–H groups in total. The summed E-state index contributed by atoms with van der Waals surface area (Å²) in [6.07, 6.45) is 1.95. The molecule has 0 unspecified atom stereocenters. The average molecular weight is 385 g/mol. The van der Waals surface area contributed by atoms with E-state index in [-0.39, 0.29) is 5.91 Å². The summed E-state index contributed by atoms with van der Waals surface area (Å²) in [6, 6.07) is 15.1. The van der Waals surface area contributed by atoms with Crippen molar-refractivity contribution < 1.29 is 4.79 Å². The number of aryl methyl sites for hydroxylation is 3. The maximum absolute atomic E-state index is 12.7. The van der Waals surface area contributed by atoms with E-state index >= 15 is 0 Å². The Bertz CT molecular complexity index is 1230. The molecule has 0 saturated carbocycles. The molecule has 0 aliphatic rings. The fourth-order valence-electron chi connectivity index (χ4n) is 3.35. The van der Waals surface area contributed by atoms with Gasteiger partial charge in [-0.3, -0.25) is 14.5 Å². The number of nitrogen functional groups attached to an aromatic ring is 1. The van der Waals surface area contributed by atoms with Gasteiger partial charge in [0.2, 0.25) is 0 Å².